The Hall–Kier alpha value is -1.22. The lowest BCUT2D eigenvalue weighted by Gasteiger charge is -2.17. The third-order valence-electron chi connectivity index (χ3n) is 3.17. The molecule has 1 atom stereocenters. The number of ether oxygens (including phenoxy) is 1. The molecule has 1 N–H and O–H groups in total. The Bertz CT molecular complexity index is 443. The van der Waals surface area contributed by atoms with Crippen LogP contribution in [0.15, 0.2) is 18.2 Å². The zero-order valence-electron chi connectivity index (χ0n) is 10.7. The van der Waals surface area contributed by atoms with E-state index in [0.29, 0.717) is 16.6 Å². The molecule has 1 unspecified atom stereocenters. The van der Waals surface area contributed by atoms with Gasteiger partial charge in [-0.3, -0.25) is 0 Å². The fourth-order valence-corrected chi connectivity index (χ4v) is 2.27. The Labute approximate surface area is 112 Å². The zero-order valence-corrected chi connectivity index (χ0v) is 11.5. The van der Waals surface area contributed by atoms with E-state index in [0.717, 1.165) is 18.0 Å². The van der Waals surface area contributed by atoms with Crippen molar-refractivity contribution in [3.05, 3.63) is 28.8 Å². The average molecular weight is 268 g/mol. The van der Waals surface area contributed by atoms with Gasteiger partial charge in [0.2, 0.25) is 0 Å². The maximum Gasteiger partial charge on any atom is 0.339 e. The Morgan fingerprint density at radius 3 is 2.89 bits per heavy atom. The van der Waals surface area contributed by atoms with Gasteiger partial charge < -0.3 is 10.1 Å². The Morgan fingerprint density at radius 1 is 1.56 bits per heavy atom. The molecule has 98 valence electrons. The van der Waals surface area contributed by atoms with Crippen LogP contribution in [0.4, 0.5) is 5.69 Å². The van der Waals surface area contributed by atoms with Gasteiger partial charge in [-0.15, -0.1) is 0 Å². The first-order valence-electron chi connectivity index (χ1n) is 6.24. The van der Waals surface area contributed by atoms with Gasteiger partial charge in [-0.1, -0.05) is 24.4 Å². The second-order valence-electron chi connectivity index (χ2n) is 4.91. The minimum atomic E-state index is -0.340. The van der Waals surface area contributed by atoms with Crippen LogP contribution in [-0.2, 0) is 4.74 Å². The molecular formula is C14H18ClNO2. The number of hydrogen-bond donors (Lipinski definition) is 1. The zero-order chi connectivity index (χ0) is 13.1. The molecule has 0 amide bonds. The molecule has 1 fully saturated rings. The van der Waals surface area contributed by atoms with Crippen molar-refractivity contribution < 1.29 is 9.53 Å². The number of methoxy groups -OCH3 is 1. The largest absolute Gasteiger partial charge is 0.465 e. The minimum absolute atomic E-state index is 0.333. The number of nitrogens with one attached hydrogen (secondary N) is 1. The van der Waals surface area contributed by atoms with Gasteiger partial charge in [0, 0.05) is 11.1 Å². The monoisotopic (exact) mass is 267 g/mol. The van der Waals surface area contributed by atoms with Crippen molar-refractivity contribution in [2.45, 2.75) is 32.2 Å². The second kappa shape index (κ2) is 5.61. The van der Waals surface area contributed by atoms with Crippen LogP contribution in [0, 0.1) is 5.92 Å². The van der Waals surface area contributed by atoms with Gasteiger partial charge in [-0.2, -0.15) is 0 Å². The topological polar surface area (TPSA) is 38.3 Å². The van der Waals surface area contributed by atoms with E-state index in [1.54, 1.807) is 18.2 Å². The molecule has 1 aromatic rings. The maximum atomic E-state index is 11.7. The van der Waals surface area contributed by atoms with Crippen LogP contribution < -0.4 is 5.32 Å². The predicted molar refractivity (Wildman–Crippen MR) is 73.2 cm³/mol. The van der Waals surface area contributed by atoms with E-state index in [1.165, 1.54) is 20.0 Å². The predicted octanol–water partition coefficient (Wildman–Crippen LogP) is 3.73. The number of hydrogen-bond acceptors (Lipinski definition) is 3. The fraction of sp³-hybridized carbons (Fsp3) is 0.500. The number of esters is 1. The Balaban J connectivity index is 2.12. The number of carbonyl (C=O) groups is 1. The van der Waals surface area contributed by atoms with Gasteiger partial charge in [0.25, 0.3) is 0 Å². The van der Waals surface area contributed by atoms with Crippen molar-refractivity contribution in [1.29, 1.82) is 0 Å². The highest BCUT2D eigenvalue weighted by Crippen LogP contribution is 2.34. The molecule has 0 heterocycles. The lowest BCUT2D eigenvalue weighted by atomic mass is 10.1. The van der Waals surface area contributed by atoms with E-state index in [9.17, 15) is 4.79 Å². The summed E-state index contributed by atoms with van der Waals surface area (Å²) in [4.78, 5) is 11.7. The van der Waals surface area contributed by atoms with E-state index in [1.807, 2.05) is 0 Å². The third kappa shape index (κ3) is 3.39. The van der Waals surface area contributed by atoms with E-state index >= 15 is 0 Å². The standard InChI is InChI=1S/C14H18ClNO2/c1-9(7-10-3-4-10)16-13-8-11(15)5-6-12(13)14(17)18-2/h5-6,8-10,16H,3-4,7H2,1-2H3. The molecule has 0 spiro atoms. The molecule has 0 radical (unpaired) electrons. The highest BCUT2D eigenvalue weighted by atomic mass is 35.5. The minimum Gasteiger partial charge on any atom is -0.465 e. The van der Waals surface area contributed by atoms with Gasteiger partial charge in [0.1, 0.15) is 0 Å². The van der Waals surface area contributed by atoms with Crippen LogP contribution in [0.3, 0.4) is 0 Å². The van der Waals surface area contributed by atoms with Crippen molar-refractivity contribution in [1.82, 2.24) is 0 Å². The van der Waals surface area contributed by atoms with Crippen molar-refractivity contribution in [3.8, 4) is 0 Å². The molecule has 1 aromatic carbocycles. The Kier molecular flexibility index (Phi) is 4.12. The molecule has 4 heteroatoms. The SMILES string of the molecule is COC(=O)c1ccc(Cl)cc1NC(C)CC1CC1. The summed E-state index contributed by atoms with van der Waals surface area (Å²) in [6, 6.07) is 5.50. The molecule has 1 aliphatic rings. The molecule has 3 nitrogen and oxygen atoms in total. The van der Waals surface area contributed by atoms with Gasteiger partial charge in [0.15, 0.2) is 0 Å². The summed E-state index contributed by atoms with van der Waals surface area (Å²) in [6.07, 6.45) is 3.78. The molecule has 2 rings (SSSR count). The van der Waals surface area contributed by atoms with Crippen molar-refractivity contribution in [2.24, 2.45) is 5.92 Å². The van der Waals surface area contributed by atoms with Crippen LogP contribution in [0.1, 0.15) is 36.5 Å². The second-order valence-corrected chi connectivity index (χ2v) is 5.34. The molecule has 0 bridgehead atoms. The summed E-state index contributed by atoms with van der Waals surface area (Å²) in [5.74, 6) is 0.501. The van der Waals surface area contributed by atoms with E-state index < -0.39 is 0 Å². The number of anilines is 1. The van der Waals surface area contributed by atoms with Crippen molar-refractivity contribution in [2.75, 3.05) is 12.4 Å². The maximum absolute atomic E-state index is 11.7. The first-order valence-corrected chi connectivity index (χ1v) is 6.62. The molecule has 0 aliphatic heterocycles. The summed E-state index contributed by atoms with van der Waals surface area (Å²) < 4.78 is 4.77. The van der Waals surface area contributed by atoms with Crippen molar-refractivity contribution in [3.63, 3.8) is 0 Å². The lowest BCUT2D eigenvalue weighted by molar-refractivity contribution is 0.0602. The lowest BCUT2D eigenvalue weighted by Crippen LogP contribution is -2.18. The fourth-order valence-electron chi connectivity index (χ4n) is 2.10. The van der Waals surface area contributed by atoms with E-state index in [2.05, 4.69) is 12.2 Å². The van der Waals surface area contributed by atoms with Gasteiger partial charge >= 0.3 is 5.97 Å². The summed E-state index contributed by atoms with van der Waals surface area (Å²) in [6.45, 7) is 2.13. The molecule has 1 saturated carbocycles. The quantitative estimate of drug-likeness (QED) is 0.826. The summed E-state index contributed by atoms with van der Waals surface area (Å²) >= 11 is 5.97. The van der Waals surface area contributed by atoms with Crippen LogP contribution >= 0.6 is 11.6 Å². The molecule has 18 heavy (non-hydrogen) atoms. The van der Waals surface area contributed by atoms with Gasteiger partial charge in [0.05, 0.1) is 18.4 Å². The Morgan fingerprint density at radius 2 is 2.28 bits per heavy atom. The highest BCUT2D eigenvalue weighted by Gasteiger charge is 2.24. The van der Waals surface area contributed by atoms with Crippen LogP contribution in [0.2, 0.25) is 5.02 Å². The molecule has 0 saturated heterocycles. The summed E-state index contributed by atoms with van der Waals surface area (Å²) in [5, 5.41) is 3.97. The average Bonchev–Trinajstić information content (AvgIpc) is 3.12. The first-order chi connectivity index (χ1) is 8.60. The third-order valence-corrected chi connectivity index (χ3v) is 3.41. The number of rotatable bonds is 5. The summed E-state index contributed by atoms with van der Waals surface area (Å²) in [7, 11) is 1.38. The van der Waals surface area contributed by atoms with Gasteiger partial charge in [-0.25, -0.2) is 4.79 Å². The number of benzene rings is 1. The van der Waals surface area contributed by atoms with E-state index in [4.69, 9.17) is 16.3 Å². The molecular weight excluding hydrogens is 250 g/mol. The molecule has 1 aliphatic carbocycles. The number of halogens is 1. The van der Waals surface area contributed by atoms with Crippen LogP contribution in [-0.4, -0.2) is 19.1 Å². The first kappa shape index (κ1) is 13.2. The van der Waals surface area contributed by atoms with Crippen molar-refractivity contribution >= 4 is 23.3 Å². The smallest absolute Gasteiger partial charge is 0.339 e. The summed E-state index contributed by atoms with van der Waals surface area (Å²) in [5.41, 5.74) is 1.28. The molecule has 0 aromatic heterocycles. The van der Waals surface area contributed by atoms with Crippen LogP contribution in [0.5, 0.6) is 0 Å². The van der Waals surface area contributed by atoms with Gasteiger partial charge in [-0.05, 0) is 37.5 Å². The normalized spacial score (nSPS) is 16.2. The van der Waals surface area contributed by atoms with Crippen LogP contribution in [0.25, 0.3) is 0 Å². The number of carbonyl (C=O) groups excluding carboxylic acids is 1. The highest BCUT2D eigenvalue weighted by molar-refractivity contribution is 6.31. The van der Waals surface area contributed by atoms with E-state index in [-0.39, 0.29) is 5.97 Å².